The van der Waals surface area contributed by atoms with E-state index in [0.717, 1.165) is 0 Å². The predicted octanol–water partition coefficient (Wildman–Crippen LogP) is 0.860. The Bertz CT molecular complexity index is 475. The lowest BCUT2D eigenvalue weighted by Crippen LogP contribution is -2.37. The fourth-order valence-corrected chi connectivity index (χ4v) is 1.38. The van der Waals surface area contributed by atoms with E-state index in [-0.39, 0.29) is 11.7 Å². The smallest absolute Gasteiger partial charge is 0.316 e. The van der Waals surface area contributed by atoms with Crippen LogP contribution in [0.4, 0.5) is 21.9 Å². The van der Waals surface area contributed by atoms with Crippen molar-refractivity contribution < 1.29 is 9.72 Å². The minimum absolute atomic E-state index is 0.0696. The standard InChI is InChI=1S/C11H17N5O3/c1-15(2)11(17)14-4-3-13-9-5-8(12)6-10(7-9)16(18)19/h5-7,13H,3-4,12H2,1-2H3,(H,14,17). The molecule has 0 radical (unpaired) electrons. The number of nitrogens with one attached hydrogen (secondary N) is 2. The third kappa shape index (κ3) is 4.70. The van der Waals surface area contributed by atoms with Crippen molar-refractivity contribution in [3.8, 4) is 0 Å². The molecule has 4 N–H and O–H groups in total. The van der Waals surface area contributed by atoms with Crippen molar-refractivity contribution in [1.82, 2.24) is 10.2 Å². The van der Waals surface area contributed by atoms with Crippen molar-refractivity contribution in [2.45, 2.75) is 0 Å². The normalized spacial score (nSPS) is 9.79. The summed E-state index contributed by atoms with van der Waals surface area (Å²) in [6.07, 6.45) is 0. The Balaban J connectivity index is 2.49. The zero-order valence-corrected chi connectivity index (χ0v) is 10.8. The molecule has 0 atom stereocenters. The zero-order chi connectivity index (χ0) is 14.4. The molecule has 0 aliphatic heterocycles. The highest BCUT2D eigenvalue weighted by Crippen LogP contribution is 2.21. The average Bonchev–Trinajstić information content (AvgIpc) is 2.33. The molecule has 0 heterocycles. The Hall–Kier alpha value is -2.51. The largest absolute Gasteiger partial charge is 0.398 e. The molecule has 0 aliphatic rings. The predicted molar refractivity (Wildman–Crippen MR) is 73.1 cm³/mol. The molecule has 0 aliphatic carbocycles. The Kier molecular flexibility index (Phi) is 4.92. The van der Waals surface area contributed by atoms with E-state index in [1.807, 2.05) is 0 Å². The number of nitro groups is 1. The van der Waals surface area contributed by atoms with Crippen LogP contribution in [0.5, 0.6) is 0 Å². The number of carbonyl (C=O) groups excluding carboxylic acids is 1. The first-order valence-electron chi connectivity index (χ1n) is 5.64. The number of benzene rings is 1. The maximum absolute atomic E-state index is 11.2. The molecule has 0 saturated carbocycles. The van der Waals surface area contributed by atoms with Crippen molar-refractivity contribution in [1.29, 1.82) is 0 Å². The second-order valence-corrected chi connectivity index (χ2v) is 4.12. The molecular weight excluding hydrogens is 250 g/mol. The van der Waals surface area contributed by atoms with Gasteiger partial charge in [-0.1, -0.05) is 0 Å². The molecule has 8 nitrogen and oxygen atoms in total. The summed E-state index contributed by atoms with van der Waals surface area (Å²) in [5, 5.41) is 16.3. The van der Waals surface area contributed by atoms with Gasteiger partial charge in [0.15, 0.2) is 0 Å². The first kappa shape index (κ1) is 14.6. The summed E-state index contributed by atoms with van der Waals surface area (Å²) in [7, 11) is 3.29. The molecule has 104 valence electrons. The van der Waals surface area contributed by atoms with Gasteiger partial charge in [-0.05, 0) is 6.07 Å². The fourth-order valence-electron chi connectivity index (χ4n) is 1.38. The van der Waals surface area contributed by atoms with Crippen LogP contribution in [-0.2, 0) is 0 Å². The number of rotatable bonds is 5. The van der Waals surface area contributed by atoms with Gasteiger partial charge in [0.25, 0.3) is 5.69 Å². The molecule has 1 aromatic carbocycles. The van der Waals surface area contributed by atoms with Gasteiger partial charge in [-0.25, -0.2) is 4.79 Å². The Morgan fingerprint density at radius 3 is 2.63 bits per heavy atom. The Morgan fingerprint density at radius 2 is 2.05 bits per heavy atom. The molecule has 1 rings (SSSR count). The molecule has 8 heteroatoms. The molecule has 0 aromatic heterocycles. The number of hydrogen-bond donors (Lipinski definition) is 3. The highest BCUT2D eigenvalue weighted by Gasteiger charge is 2.08. The average molecular weight is 267 g/mol. The molecule has 0 fully saturated rings. The molecule has 2 amide bonds. The van der Waals surface area contributed by atoms with E-state index in [1.54, 1.807) is 20.2 Å². The zero-order valence-electron chi connectivity index (χ0n) is 10.8. The summed E-state index contributed by atoms with van der Waals surface area (Å²) in [6.45, 7) is 0.847. The highest BCUT2D eigenvalue weighted by atomic mass is 16.6. The monoisotopic (exact) mass is 267 g/mol. The number of nitrogens with zero attached hydrogens (tertiary/aromatic N) is 2. The van der Waals surface area contributed by atoms with Crippen LogP contribution < -0.4 is 16.4 Å². The number of nitrogen functional groups attached to an aromatic ring is 1. The van der Waals surface area contributed by atoms with Gasteiger partial charge in [-0.15, -0.1) is 0 Å². The first-order chi connectivity index (χ1) is 8.90. The van der Waals surface area contributed by atoms with Crippen LogP contribution in [-0.4, -0.2) is 43.0 Å². The number of nitro benzene ring substituents is 1. The summed E-state index contributed by atoms with van der Waals surface area (Å²) < 4.78 is 0. The molecular formula is C11H17N5O3. The Labute approximate surface area is 110 Å². The van der Waals surface area contributed by atoms with Crippen LogP contribution in [0.3, 0.4) is 0 Å². The van der Waals surface area contributed by atoms with Crippen LogP contribution in [0.1, 0.15) is 0 Å². The van der Waals surface area contributed by atoms with Crippen molar-refractivity contribution in [2.75, 3.05) is 38.2 Å². The fraction of sp³-hybridized carbons (Fsp3) is 0.364. The number of anilines is 2. The van der Waals surface area contributed by atoms with Crippen molar-refractivity contribution in [3.63, 3.8) is 0 Å². The highest BCUT2D eigenvalue weighted by molar-refractivity contribution is 5.73. The molecule has 19 heavy (non-hydrogen) atoms. The van der Waals surface area contributed by atoms with Gasteiger partial charge in [-0.3, -0.25) is 10.1 Å². The Morgan fingerprint density at radius 1 is 1.37 bits per heavy atom. The lowest BCUT2D eigenvalue weighted by molar-refractivity contribution is -0.384. The summed E-state index contributed by atoms with van der Waals surface area (Å²) in [4.78, 5) is 22.8. The molecule has 0 unspecified atom stereocenters. The summed E-state index contributed by atoms with van der Waals surface area (Å²) in [6, 6.07) is 4.09. The molecule has 0 spiro atoms. The minimum Gasteiger partial charge on any atom is -0.398 e. The maximum atomic E-state index is 11.2. The summed E-state index contributed by atoms with van der Waals surface area (Å²) in [5.41, 5.74) is 6.36. The third-order valence-corrected chi connectivity index (χ3v) is 2.29. The first-order valence-corrected chi connectivity index (χ1v) is 5.64. The molecule has 0 bridgehead atoms. The van der Waals surface area contributed by atoms with Gasteiger partial charge in [-0.2, -0.15) is 0 Å². The second-order valence-electron chi connectivity index (χ2n) is 4.12. The molecule has 0 saturated heterocycles. The quantitative estimate of drug-likeness (QED) is 0.317. The van der Waals surface area contributed by atoms with Crippen LogP contribution in [0.15, 0.2) is 18.2 Å². The van der Waals surface area contributed by atoms with Gasteiger partial charge in [0.2, 0.25) is 0 Å². The van der Waals surface area contributed by atoms with E-state index in [0.29, 0.717) is 24.5 Å². The van der Waals surface area contributed by atoms with E-state index < -0.39 is 4.92 Å². The van der Waals surface area contributed by atoms with Gasteiger partial charge in [0.05, 0.1) is 4.92 Å². The second kappa shape index (κ2) is 6.43. The minimum atomic E-state index is -0.505. The van der Waals surface area contributed by atoms with Gasteiger partial charge in [0.1, 0.15) is 0 Å². The maximum Gasteiger partial charge on any atom is 0.316 e. The number of non-ortho nitro benzene ring substituents is 1. The summed E-state index contributed by atoms with van der Waals surface area (Å²) >= 11 is 0. The van der Waals surface area contributed by atoms with Gasteiger partial charge in [0, 0.05) is 50.7 Å². The van der Waals surface area contributed by atoms with E-state index in [9.17, 15) is 14.9 Å². The number of urea groups is 1. The van der Waals surface area contributed by atoms with Gasteiger partial charge >= 0.3 is 6.03 Å². The van der Waals surface area contributed by atoms with Crippen molar-refractivity contribution in [2.24, 2.45) is 0 Å². The number of hydrogen-bond acceptors (Lipinski definition) is 5. The van der Waals surface area contributed by atoms with Crippen LogP contribution in [0.25, 0.3) is 0 Å². The van der Waals surface area contributed by atoms with Crippen molar-refractivity contribution >= 4 is 23.1 Å². The van der Waals surface area contributed by atoms with Crippen molar-refractivity contribution in [3.05, 3.63) is 28.3 Å². The number of amides is 2. The van der Waals surface area contributed by atoms with Gasteiger partial charge < -0.3 is 21.3 Å². The third-order valence-electron chi connectivity index (χ3n) is 2.29. The SMILES string of the molecule is CN(C)C(=O)NCCNc1cc(N)cc([N+](=O)[O-])c1. The van der Waals surface area contributed by atoms with Crippen LogP contribution in [0.2, 0.25) is 0 Å². The van der Waals surface area contributed by atoms with Crippen LogP contribution in [0, 0.1) is 10.1 Å². The van der Waals surface area contributed by atoms with E-state index >= 15 is 0 Å². The van der Waals surface area contributed by atoms with E-state index in [1.165, 1.54) is 17.0 Å². The molecule has 1 aromatic rings. The topological polar surface area (TPSA) is 114 Å². The van der Waals surface area contributed by atoms with E-state index in [2.05, 4.69) is 10.6 Å². The van der Waals surface area contributed by atoms with E-state index in [4.69, 9.17) is 5.73 Å². The van der Waals surface area contributed by atoms with Crippen LogP contribution >= 0.6 is 0 Å². The summed E-state index contributed by atoms with van der Waals surface area (Å²) in [5.74, 6) is 0. The number of carbonyl (C=O) groups is 1. The number of nitrogens with two attached hydrogens (primary N) is 1. The lowest BCUT2D eigenvalue weighted by atomic mass is 10.2. The lowest BCUT2D eigenvalue weighted by Gasteiger charge is -2.12.